The Kier molecular flexibility index (Phi) is 3.69. The molecule has 0 nitrogen and oxygen atoms in total. The summed E-state index contributed by atoms with van der Waals surface area (Å²) < 4.78 is 0.158. The second-order valence-electron chi connectivity index (χ2n) is 3.39. The van der Waals surface area contributed by atoms with Crippen LogP contribution in [-0.4, -0.2) is 23.1 Å². The van der Waals surface area contributed by atoms with Crippen LogP contribution in [0.3, 0.4) is 0 Å². The highest BCUT2D eigenvalue weighted by Gasteiger charge is 2.34. The number of hydrogen-bond donors (Lipinski definition) is 0. The van der Waals surface area contributed by atoms with Gasteiger partial charge in [-0.1, -0.05) is 30.3 Å². The second kappa shape index (κ2) is 4.82. The highest BCUT2D eigenvalue weighted by molar-refractivity contribution is 8.07. The normalized spacial score (nSPS) is 27.5. The molecule has 0 aliphatic carbocycles. The molecule has 1 heterocycles. The van der Waals surface area contributed by atoms with Gasteiger partial charge in [-0.3, -0.25) is 0 Å². The molecule has 14 heavy (non-hydrogen) atoms. The Hall–Kier alpha value is 0.210. The van der Waals surface area contributed by atoms with Crippen LogP contribution in [0.15, 0.2) is 30.3 Å². The van der Waals surface area contributed by atoms with Gasteiger partial charge in [-0.05, 0) is 5.56 Å². The van der Waals surface area contributed by atoms with E-state index in [-0.39, 0.29) is 4.75 Å². The quantitative estimate of drug-likeness (QED) is 0.730. The van der Waals surface area contributed by atoms with E-state index in [9.17, 15) is 0 Å². The number of halogens is 1. The van der Waals surface area contributed by atoms with Crippen LogP contribution < -0.4 is 0 Å². The summed E-state index contributed by atoms with van der Waals surface area (Å²) in [6, 6.07) is 10.7. The lowest BCUT2D eigenvalue weighted by Gasteiger charge is -2.34. The van der Waals surface area contributed by atoms with Crippen molar-refractivity contribution in [1.29, 1.82) is 0 Å². The summed E-state index contributed by atoms with van der Waals surface area (Å²) >= 11 is 10.2. The van der Waals surface area contributed by atoms with E-state index in [1.54, 1.807) is 0 Å². The summed E-state index contributed by atoms with van der Waals surface area (Å²) in [5.74, 6) is 4.34. The maximum atomic E-state index is 6.14. The Morgan fingerprint density at radius 3 is 2.57 bits per heavy atom. The van der Waals surface area contributed by atoms with E-state index in [4.69, 9.17) is 11.6 Å². The van der Waals surface area contributed by atoms with Crippen molar-refractivity contribution >= 4 is 35.1 Å². The molecule has 1 atom stereocenters. The number of alkyl halides is 1. The standard InChI is InChI=1S/C11H13ClS2/c12-8-11(9-13-6-7-14-11)10-4-2-1-3-5-10/h1-5H,6-9H2. The van der Waals surface area contributed by atoms with Crippen LogP contribution in [0.2, 0.25) is 0 Å². The molecule has 1 aromatic carbocycles. The topological polar surface area (TPSA) is 0 Å². The molecule has 1 unspecified atom stereocenters. The van der Waals surface area contributed by atoms with Crippen LogP contribution in [0.4, 0.5) is 0 Å². The Balaban J connectivity index is 2.27. The lowest BCUT2D eigenvalue weighted by Crippen LogP contribution is -2.31. The summed E-state index contributed by atoms with van der Waals surface area (Å²) in [5.41, 5.74) is 1.38. The van der Waals surface area contributed by atoms with Crippen molar-refractivity contribution in [3.8, 4) is 0 Å². The van der Waals surface area contributed by atoms with E-state index in [0.29, 0.717) is 5.88 Å². The zero-order valence-corrected chi connectivity index (χ0v) is 10.3. The first-order chi connectivity index (χ1) is 6.87. The predicted molar refractivity (Wildman–Crippen MR) is 68.6 cm³/mol. The van der Waals surface area contributed by atoms with Gasteiger partial charge in [0.25, 0.3) is 0 Å². The molecule has 1 aliphatic rings. The first-order valence-corrected chi connectivity index (χ1v) is 7.38. The molecule has 2 rings (SSSR count). The lowest BCUT2D eigenvalue weighted by atomic mass is 10.0. The predicted octanol–water partition coefficient (Wildman–Crippen LogP) is 3.60. The highest BCUT2D eigenvalue weighted by atomic mass is 35.5. The van der Waals surface area contributed by atoms with Crippen molar-refractivity contribution < 1.29 is 0 Å². The third-order valence-corrected chi connectivity index (χ3v) is 6.19. The molecule has 0 amide bonds. The van der Waals surface area contributed by atoms with Crippen molar-refractivity contribution in [1.82, 2.24) is 0 Å². The molecule has 0 bridgehead atoms. The van der Waals surface area contributed by atoms with Crippen LogP contribution in [0.5, 0.6) is 0 Å². The summed E-state index contributed by atoms with van der Waals surface area (Å²) in [6.07, 6.45) is 0. The zero-order chi connectivity index (χ0) is 9.86. The van der Waals surface area contributed by atoms with Crippen molar-refractivity contribution in [2.75, 3.05) is 23.1 Å². The maximum Gasteiger partial charge on any atom is 0.0633 e. The molecule has 1 aromatic rings. The van der Waals surface area contributed by atoms with Crippen molar-refractivity contribution in [3.05, 3.63) is 35.9 Å². The third-order valence-electron chi connectivity index (χ3n) is 2.46. The molecule has 0 spiro atoms. The fraction of sp³-hybridized carbons (Fsp3) is 0.455. The summed E-state index contributed by atoms with van der Waals surface area (Å²) in [4.78, 5) is 0. The molecule has 1 fully saturated rings. The number of thioether (sulfide) groups is 2. The van der Waals surface area contributed by atoms with E-state index >= 15 is 0 Å². The number of benzene rings is 1. The molecule has 0 N–H and O–H groups in total. The average molecular weight is 245 g/mol. The van der Waals surface area contributed by atoms with Gasteiger partial charge < -0.3 is 0 Å². The van der Waals surface area contributed by atoms with Gasteiger partial charge in [0.1, 0.15) is 0 Å². The van der Waals surface area contributed by atoms with Gasteiger partial charge in [0, 0.05) is 23.1 Å². The van der Waals surface area contributed by atoms with Gasteiger partial charge in [-0.15, -0.1) is 23.4 Å². The molecular weight excluding hydrogens is 232 g/mol. The Bertz CT molecular complexity index is 281. The molecule has 1 saturated heterocycles. The molecular formula is C11H13ClS2. The van der Waals surface area contributed by atoms with Gasteiger partial charge in [0.05, 0.1) is 4.75 Å². The van der Waals surface area contributed by atoms with Gasteiger partial charge in [-0.25, -0.2) is 0 Å². The van der Waals surface area contributed by atoms with Gasteiger partial charge in [-0.2, -0.15) is 11.8 Å². The van der Waals surface area contributed by atoms with E-state index < -0.39 is 0 Å². The largest absolute Gasteiger partial charge is 0.159 e. The van der Waals surface area contributed by atoms with Crippen LogP contribution in [-0.2, 0) is 4.75 Å². The fourth-order valence-electron chi connectivity index (χ4n) is 1.64. The molecule has 0 radical (unpaired) electrons. The van der Waals surface area contributed by atoms with Crippen molar-refractivity contribution in [3.63, 3.8) is 0 Å². The SMILES string of the molecule is ClCC1(c2ccccc2)CSCCS1. The maximum absolute atomic E-state index is 6.14. The number of hydrogen-bond acceptors (Lipinski definition) is 2. The summed E-state index contributed by atoms with van der Waals surface area (Å²) in [5, 5.41) is 0. The molecule has 0 saturated carbocycles. The minimum atomic E-state index is 0.158. The van der Waals surface area contributed by atoms with Gasteiger partial charge in [0.15, 0.2) is 0 Å². The van der Waals surface area contributed by atoms with Crippen molar-refractivity contribution in [2.24, 2.45) is 0 Å². The summed E-state index contributed by atoms with van der Waals surface area (Å²) in [7, 11) is 0. The van der Waals surface area contributed by atoms with Gasteiger partial charge >= 0.3 is 0 Å². The minimum Gasteiger partial charge on any atom is -0.159 e. The molecule has 0 aromatic heterocycles. The van der Waals surface area contributed by atoms with Crippen LogP contribution in [0.25, 0.3) is 0 Å². The van der Waals surface area contributed by atoms with Crippen LogP contribution in [0, 0.1) is 0 Å². The fourth-order valence-corrected chi connectivity index (χ4v) is 5.13. The van der Waals surface area contributed by atoms with Crippen LogP contribution in [0.1, 0.15) is 5.56 Å². The number of rotatable bonds is 2. The second-order valence-corrected chi connectivity index (χ2v) is 6.25. The molecule has 1 aliphatic heterocycles. The third kappa shape index (κ3) is 2.07. The smallest absolute Gasteiger partial charge is 0.0633 e. The molecule has 3 heteroatoms. The Morgan fingerprint density at radius 2 is 2.00 bits per heavy atom. The van der Waals surface area contributed by atoms with E-state index in [1.165, 1.54) is 17.1 Å². The Morgan fingerprint density at radius 1 is 1.21 bits per heavy atom. The van der Waals surface area contributed by atoms with E-state index in [0.717, 1.165) is 5.75 Å². The van der Waals surface area contributed by atoms with E-state index in [1.807, 2.05) is 23.5 Å². The minimum absolute atomic E-state index is 0.158. The van der Waals surface area contributed by atoms with Crippen molar-refractivity contribution in [2.45, 2.75) is 4.75 Å². The average Bonchev–Trinajstić information content (AvgIpc) is 2.31. The zero-order valence-electron chi connectivity index (χ0n) is 7.91. The van der Waals surface area contributed by atoms with E-state index in [2.05, 4.69) is 30.3 Å². The van der Waals surface area contributed by atoms with Crippen LogP contribution >= 0.6 is 35.1 Å². The first-order valence-electron chi connectivity index (χ1n) is 4.71. The Labute approximate surface area is 98.8 Å². The summed E-state index contributed by atoms with van der Waals surface area (Å²) in [6.45, 7) is 0. The molecule has 76 valence electrons. The monoisotopic (exact) mass is 244 g/mol. The van der Waals surface area contributed by atoms with Gasteiger partial charge in [0.2, 0.25) is 0 Å². The first kappa shape index (κ1) is 10.7. The highest BCUT2D eigenvalue weighted by Crippen LogP contribution is 2.43. The lowest BCUT2D eigenvalue weighted by molar-refractivity contribution is 0.800.